The topological polar surface area (TPSA) is 17.1 Å². The Morgan fingerprint density at radius 3 is 2.27 bits per heavy atom. The highest BCUT2D eigenvalue weighted by Crippen LogP contribution is 2.29. The lowest BCUT2D eigenvalue weighted by Gasteiger charge is -2.25. The van der Waals surface area contributed by atoms with Gasteiger partial charge in [-0.25, -0.2) is 0 Å². The zero-order valence-corrected chi connectivity index (χ0v) is 7.94. The summed E-state index contributed by atoms with van der Waals surface area (Å²) in [5.41, 5.74) is 0. The molecular formula is C9H16OS. The van der Waals surface area contributed by atoms with Gasteiger partial charge >= 0.3 is 0 Å². The molecule has 0 aromatic rings. The molecule has 1 aliphatic rings. The van der Waals surface area contributed by atoms with E-state index >= 15 is 0 Å². The number of hydrogen-bond donors (Lipinski definition) is 1. The van der Waals surface area contributed by atoms with Crippen LogP contribution in [0.2, 0.25) is 0 Å². The van der Waals surface area contributed by atoms with Gasteiger partial charge in [0.1, 0.15) is 5.78 Å². The molecule has 1 saturated carbocycles. The highest BCUT2D eigenvalue weighted by Gasteiger charge is 2.22. The van der Waals surface area contributed by atoms with Crippen LogP contribution < -0.4 is 0 Å². The zero-order valence-electron chi connectivity index (χ0n) is 7.05. The molecule has 11 heavy (non-hydrogen) atoms. The summed E-state index contributed by atoms with van der Waals surface area (Å²) in [5, 5.41) is 0. The number of hydrogen-bond acceptors (Lipinski definition) is 2. The molecule has 2 heteroatoms. The maximum atomic E-state index is 11.0. The van der Waals surface area contributed by atoms with E-state index in [1.54, 1.807) is 6.92 Å². The number of carbonyl (C=O) groups is 1. The van der Waals surface area contributed by atoms with Crippen molar-refractivity contribution in [2.24, 2.45) is 11.8 Å². The molecule has 0 radical (unpaired) electrons. The van der Waals surface area contributed by atoms with Gasteiger partial charge in [-0.05, 0) is 44.3 Å². The molecule has 0 aromatic heterocycles. The number of Topliss-reactive ketones (excluding diaryl/α,β-unsaturated/α-hetero) is 1. The number of ketones is 1. The van der Waals surface area contributed by atoms with Gasteiger partial charge in [-0.2, -0.15) is 12.6 Å². The van der Waals surface area contributed by atoms with Gasteiger partial charge in [0.2, 0.25) is 0 Å². The first-order chi connectivity index (χ1) is 5.24. The van der Waals surface area contributed by atoms with Crippen molar-refractivity contribution in [1.82, 2.24) is 0 Å². The SMILES string of the molecule is CC(=O)[C@H]1CC[C@H](CS)CC1. The first-order valence-electron chi connectivity index (χ1n) is 4.35. The van der Waals surface area contributed by atoms with Crippen molar-refractivity contribution in [2.45, 2.75) is 32.6 Å². The van der Waals surface area contributed by atoms with Crippen LogP contribution in [0.4, 0.5) is 0 Å². The average molecular weight is 172 g/mol. The second-order valence-electron chi connectivity index (χ2n) is 3.51. The van der Waals surface area contributed by atoms with Crippen molar-refractivity contribution in [2.75, 3.05) is 5.75 Å². The Hall–Kier alpha value is 0.0200. The summed E-state index contributed by atoms with van der Waals surface area (Å²) >= 11 is 4.26. The first kappa shape index (κ1) is 9.11. The number of carbonyl (C=O) groups excluding carboxylic acids is 1. The van der Waals surface area contributed by atoms with Crippen LogP contribution in [-0.4, -0.2) is 11.5 Å². The predicted molar refractivity (Wildman–Crippen MR) is 50.0 cm³/mol. The third-order valence-corrected chi connectivity index (χ3v) is 3.20. The Bertz CT molecular complexity index is 136. The lowest BCUT2D eigenvalue weighted by atomic mass is 9.81. The summed E-state index contributed by atoms with van der Waals surface area (Å²) in [5.74, 6) is 2.51. The van der Waals surface area contributed by atoms with E-state index in [0.717, 1.165) is 24.5 Å². The minimum atomic E-state index is 0.367. The van der Waals surface area contributed by atoms with Gasteiger partial charge in [-0.3, -0.25) is 4.79 Å². The number of rotatable bonds is 2. The molecule has 0 heterocycles. The minimum Gasteiger partial charge on any atom is -0.300 e. The Morgan fingerprint density at radius 1 is 1.36 bits per heavy atom. The standard InChI is InChI=1S/C9H16OS/c1-7(10)9-4-2-8(6-11)3-5-9/h8-9,11H,2-6H2,1H3/t8-,9-. The molecule has 64 valence electrons. The summed E-state index contributed by atoms with van der Waals surface area (Å²) in [6, 6.07) is 0. The van der Waals surface area contributed by atoms with Crippen LogP contribution in [-0.2, 0) is 4.79 Å². The van der Waals surface area contributed by atoms with Gasteiger partial charge in [0, 0.05) is 5.92 Å². The molecular weight excluding hydrogens is 156 g/mol. The Labute approximate surface area is 74.0 Å². The van der Waals surface area contributed by atoms with Crippen molar-refractivity contribution in [1.29, 1.82) is 0 Å². The van der Waals surface area contributed by atoms with E-state index in [1.807, 2.05) is 0 Å². The van der Waals surface area contributed by atoms with Gasteiger partial charge in [0.25, 0.3) is 0 Å². The molecule has 0 aliphatic heterocycles. The van der Waals surface area contributed by atoms with Crippen LogP contribution in [0.15, 0.2) is 0 Å². The average Bonchev–Trinajstić information content (AvgIpc) is 2.05. The van der Waals surface area contributed by atoms with Crippen molar-refractivity contribution in [3.05, 3.63) is 0 Å². The second-order valence-corrected chi connectivity index (χ2v) is 3.88. The van der Waals surface area contributed by atoms with E-state index in [9.17, 15) is 4.79 Å². The lowest BCUT2D eigenvalue weighted by Crippen LogP contribution is -2.20. The molecule has 1 nitrogen and oxygen atoms in total. The highest BCUT2D eigenvalue weighted by molar-refractivity contribution is 7.80. The van der Waals surface area contributed by atoms with Gasteiger partial charge in [-0.15, -0.1) is 0 Å². The molecule has 0 amide bonds. The molecule has 0 atom stereocenters. The van der Waals surface area contributed by atoms with Gasteiger partial charge < -0.3 is 0 Å². The molecule has 1 rings (SSSR count). The van der Waals surface area contributed by atoms with Crippen molar-refractivity contribution in [3.63, 3.8) is 0 Å². The summed E-state index contributed by atoms with van der Waals surface area (Å²) in [6.07, 6.45) is 4.60. The van der Waals surface area contributed by atoms with Crippen LogP contribution in [0.25, 0.3) is 0 Å². The fourth-order valence-electron chi connectivity index (χ4n) is 1.75. The normalized spacial score (nSPS) is 31.8. The number of thiol groups is 1. The Balaban J connectivity index is 2.30. The molecule has 0 unspecified atom stereocenters. The first-order valence-corrected chi connectivity index (χ1v) is 4.98. The van der Waals surface area contributed by atoms with Gasteiger partial charge in [0.05, 0.1) is 0 Å². The van der Waals surface area contributed by atoms with Crippen molar-refractivity contribution >= 4 is 18.4 Å². The molecule has 0 bridgehead atoms. The Morgan fingerprint density at radius 2 is 1.91 bits per heavy atom. The molecule has 0 aromatic carbocycles. The summed E-state index contributed by atoms with van der Waals surface area (Å²) in [4.78, 5) is 11.0. The van der Waals surface area contributed by atoms with E-state index in [4.69, 9.17) is 0 Å². The van der Waals surface area contributed by atoms with E-state index in [2.05, 4.69) is 12.6 Å². The summed E-state index contributed by atoms with van der Waals surface area (Å²) in [7, 11) is 0. The minimum absolute atomic E-state index is 0.367. The van der Waals surface area contributed by atoms with Crippen LogP contribution in [0.5, 0.6) is 0 Å². The fourth-order valence-corrected chi connectivity index (χ4v) is 2.12. The maximum absolute atomic E-state index is 11.0. The smallest absolute Gasteiger partial charge is 0.132 e. The zero-order chi connectivity index (χ0) is 8.27. The molecule has 0 N–H and O–H groups in total. The van der Waals surface area contributed by atoms with Crippen molar-refractivity contribution in [3.8, 4) is 0 Å². The molecule has 1 fully saturated rings. The van der Waals surface area contributed by atoms with Crippen LogP contribution in [0, 0.1) is 11.8 Å². The van der Waals surface area contributed by atoms with Crippen LogP contribution in [0.1, 0.15) is 32.6 Å². The van der Waals surface area contributed by atoms with Crippen molar-refractivity contribution < 1.29 is 4.79 Å². The van der Waals surface area contributed by atoms with E-state index in [1.165, 1.54) is 12.8 Å². The maximum Gasteiger partial charge on any atom is 0.132 e. The second kappa shape index (κ2) is 4.15. The monoisotopic (exact) mass is 172 g/mol. The van der Waals surface area contributed by atoms with Gasteiger partial charge in [0.15, 0.2) is 0 Å². The molecule has 0 spiro atoms. The highest BCUT2D eigenvalue weighted by atomic mass is 32.1. The third kappa shape index (κ3) is 2.51. The predicted octanol–water partition coefficient (Wildman–Crippen LogP) is 2.31. The third-order valence-electron chi connectivity index (χ3n) is 2.68. The van der Waals surface area contributed by atoms with E-state index < -0.39 is 0 Å². The molecule has 1 aliphatic carbocycles. The van der Waals surface area contributed by atoms with Crippen LogP contribution in [0.3, 0.4) is 0 Å². The quantitative estimate of drug-likeness (QED) is 0.632. The lowest BCUT2D eigenvalue weighted by molar-refractivity contribution is -0.121. The Kier molecular flexibility index (Phi) is 3.44. The van der Waals surface area contributed by atoms with E-state index in [-0.39, 0.29) is 0 Å². The van der Waals surface area contributed by atoms with Gasteiger partial charge in [-0.1, -0.05) is 0 Å². The van der Waals surface area contributed by atoms with Crippen LogP contribution >= 0.6 is 12.6 Å². The largest absolute Gasteiger partial charge is 0.300 e. The molecule has 0 saturated heterocycles. The van der Waals surface area contributed by atoms with E-state index in [0.29, 0.717) is 11.7 Å². The summed E-state index contributed by atoms with van der Waals surface area (Å²) in [6.45, 7) is 1.71. The summed E-state index contributed by atoms with van der Waals surface area (Å²) < 4.78 is 0. The fraction of sp³-hybridized carbons (Fsp3) is 0.889.